The van der Waals surface area contributed by atoms with Crippen molar-refractivity contribution in [3.05, 3.63) is 59.7 Å². The summed E-state index contributed by atoms with van der Waals surface area (Å²) in [6.45, 7) is 9.63. The summed E-state index contributed by atoms with van der Waals surface area (Å²) < 4.78 is 29.4. The molecular weight excluding hydrogens is 504 g/mol. The van der Waals surface area contributed by atoms with E-state index in [1.807, 2.05) is 37.3 Å². The van der Waals surface area contributed by atoms with Crippen LogP contribution in [0.15, 0.2) is 54.1 Å². The smallest absolute Gasteiger partial charge is 0.330 e. The van der Waals surface area contributed by atoms with Crippen LogP contribution in [0, 0.1) is 11.3 Å². The van der Waals surface area contributed by atoms with Gasteiger partial charge in [-0.25, -0.2) is 9.59 Å². The topological polar surface area (TPSA) is 118 Å². The van der Waals surface area contributed by atoms with Crippen LogP contribution in [0.1, 0.15) is 59.4 Å². The fourth-order valence-corrected chi connectivity index (χ4v) is 4.69. The molecule has 0 spiro atoms. The lowest BCUT2D eigenvalue weighted by Gasteiger charge is -2.53. The second kappa shape index (κ2) is 14.4. The Kier molecular flexibility index (Phi) is 11.9. The number of rotatable bonds is 13. The average Bonchev–Trinajstić information content (AvgIpc) is 2.91. The van der Waals surface area contributed by atoms with Crippen LogP contribution in [-0.2, 0) is 44.7 Å². The molecule has 1 aliphatic rings. The number of carboxylic acids is 1. The molecule has 1 aromatic carbocycles. The van der Waals surface area contributed by atoms with E-state index in [0.29, 0.717) is 18.6 Å². The molecule has 1 saturated heterocycles. The summed E-state index contributed by atoms with van der Waals surface area (Å²) in [7, 11) is 2.68. The minimum absolute atomic E-state index is 0.0417. The Morgan fingerprint density at radius 1 is 1.18 bits per heavy atom. The second-order valence-corrected chi connectivity index (χ2v) is 10.4. The predicted molar refractivity (Wildman–Crippen MR) is 145 cm³/mol. The molecule has 0 amide bonds. The van der Waals surface area contributed by atoms with Gasteiger partial charge in [-0.15, -0.1) is 0 Å². The van der Waals surface area contributed by atoms with Crippen LogP contribution < -0.4 is 0 Å². The van der Waals surface area contributed by atoms with E-state index in [9.17, 15) is 19.5 Å². The molecule has 2 rings (SSSR count). The number of methoxy groups -OCH3 is 2. The van der Waals surface area contributed by atoms with Crippen LogP contribution in [0.5, 0.6) is 0 Å². The first-order valence-electron chi connectivity index (χ1n) is 13.2. The first-order valence-corrected chi connectivity index (χ1v) is 13.2. The molecule has 1 heterocycles. The van der Waals surface area contributed by atoms with Gasteiger partial charge in [0.2, 0.25) is 5.79 Å². The van der Waals surface area contributed by atoms with Crippen LogP contribution in [0.2, 0.25) is 0 Å². The van der Waals surface area contributed by atoms with Gasteiger partial charge in [-0.1, -0.05) is 64.1 Å². The number of esters is 2. The Morgan fingerprint density at radius 2 is 1.85 bits per heavy atom. The molecule has 1 aromatic rings. The molecule has 39 heavy (non-hydrogen) atoms. The van der Waals surface area contributed by atoms with Gasteiger partial charge < -0.3 is 28.8 Å². The van der Waals surface area contributed by atoms with Crippen molar-refractivity contribution in [3.63, 3.8) is 0 Å². The van der Waals surface area contributed by atoms with Gasteiger partial charge in [0.25, 0.3) is 0 Å². The third-order valence-corrected chi connectivity index (χ3v) is 7.17. The molecule has 216 valence electrons. The standard InChI is InChI=1S/C30H42O9/c1-8-26(33)38-28-23(18-27(34)35-6)17-24(39-30(28,36-7)29(4,5)15-14-25(31)32)16-20(2)21(3)37-19-22-12-10-9-11-13-22/h9-15,18,20-21,24,28H,8,16-17,19H2,1-7H3,(H,31,32)/b15-14+,23-18+/t20-,21-,24?,28+,30-/m1/s1. The van der Waals surface area contributed by atoms with Crippen molar-refractivity contribution in [3.8, 4) is 0 Å². The summed E-state index contributed by atoms with van der Waals surface area (Å²) in [5.74, 6) is -3.87. The molecule has 1 aliphatic heterocycles. The van der Waals surface area contributed by atoms with E-state index in [1.54, 1.807) is 20.8 Å². The Labute approximate surface area is 231 Å². The SMILES string of the molecule is CCC(=O)O[C@H]1/C(=C/C(=O)OC)CC(C[C@@H](C)[C@@H](C)OCc2ccccc2)O[C@@]1(OC)C(C)(C)/C=C/C(=O)O. The quantitative estimate of drug-likeness (QED) is 0.274. The van der Waals surface area contributed by atoms with Gasteiger partial charge in [-0.2, -0.15) is 0 Å². The van der Waals surface area contributed by atoms with Crippen molar-refractivity contribution < 1.29 is 43.2 Å². The highest BCUT2D eigenvalue weighted by molar-refractivity contribution is 5.83. The first kappa shape index (κ1) is 32.2. The fraction of sp³-hybridized carbons (Fsp3) is 0.567. The van der Waals surface area contributed by atoms with E-state index in [1.165, 1.54) is 26.4 Å². The van der Waals surface area contributed by atoms with Crippen LogP contribution in [0.25, 0.3) is 0 Å². The number of hydrogen-bond acceptors (Lipinski definition) is 8. The normalized spacial score (nSPS) is 24.3. The largest absolute Gasteiger partial charge is 0.478 e. The van der Waals surface area contributed by atoms with Gasteiger partial charge in [0, 0.05) is 31.1 Å². The second-order valence-electron chi connectivity index (χ2n) is 10.4. The summed E-state index contributed by atoms with van der Waals surface area (Å²) in [6.07, 6.45) is 2.93. The van der Waals surface area contributed by atoms with Gasteiger partial charge in [-0.05, 0) is 36.8 Å². The number of aliphatic carboxylic acids is 1. The third kappa shape index (κ3) is 8.49. The maximum absolute atomic E-state index is 12.5. The summed E-state index contributed by atoms with van der Waals surface area (Å²) in [4.78, 5) is 36.3. The van der Waals surface area contributed by atoms with Crippen molar-refractivity contribution in [1.82, 2.24) is 0 Å². The summed E-state index contributed by atoms with van der Waals surface area (Å²) in [5, 5.41) is 9.31. The molecule has 1 unspecified atom stereocenters. The van der Waals surface area contributed by atoms with Crippen LogP contribution in [0.4, 0.5) is 0 Å². The zero-order valence-electron chi connectivity index (χ0n) is 24.0. The van der Waals surface area contributed by atoms with Crippen LogP contribution >= 0.6 is 0 Å². The Morgan fingerprint density at radius 3 is 2.41 bits per heavy atom. The van der Waals surface area contributed by atoms with Crippen molar-refractivity contribution in [1.29, 1.82) is 0 Å². The fourth-order valence-electron chi connectivity index (χ4n) is 4.69. The minimum Gasteiger partial charge on any atom is -0.478 e. The predicted octanol–water partition coefficient (Wildman–Crippen LogP) is 4.84. The number of benzene rings is 1. The molecule has 0 aromatic heterocycles. The molecule has 0 aliphatic carbocycles. The Bertz CT molecular complexity index is 1030. The first-order chi connectivity index (χ1) is 18.4. The summed E-state index contributed by atoms with van der Waals surface area (Å²) in [6, 6.07) is 9.89. The van der Waals surface area contributed by atoms with E-state index >= 15 is 0 Å². The summed E-state index contributed by atoms with van der Waals surface area (Å²) in [5.41, 5.74) is 0.425. The molecule has 0 radical (unpaired) electrons. The number of hydrogen-bond donors (Lipinski definition) is 1. The van der Waals surface area contributed by atoms with Crippen molar-refractivity contribution in [2.75, 3.05) is 14.2 Å². The lowest BCUT2D eigenvalue weighted by atomic mass is 9.73. The zero-order chi connectivity index (χ0) is 29.2. The zero-order valence-corrected chi connectivity index (χ0v) is 24.0. The molecule has 0 bridgehead atoms. The van der Waals surface area contributed by atoms with Crippen molar-refractivity contribution in [2.45, 2.75) is 84.6 Å². The van der Waals surface area contributed by atoms with Crippen molar-refractivity contribution in [2.24, 2.45) is 11.3 Å². The van der Waals surface area contributed by atoms with E-state index in [4.69, 9.17) is 23.7 Å². The summed E-state index contributed by atoms with van der Waals surface area (Å²) >= 11 is 0. The third-order valence-electron chi connectivity index (χ3n) is 7.17. The van der Waals surface area contributed by atoms with Gasteiger partial charge in [-0.3, -0.25) is 4.79 Å². The molecule has 1 fully saturated rings. The van der Waals surface area contributed by atoms with E-state index in [2.05, 4.69) is 6.92 Å². The number of carbonyl (C=O) groups excluding carboxylic acids is 2. The lowest BCUT2D eigenvalue weighted by Crippen LogP contribution is -2.63. The Balaban J connectivity index is 2.44. The number of carboxylic acid groups (broad SMARTS) is 1. The van der Waals surface area contributed by atoms with Crippen molar-refractivity contribution >= 4 is 17.9 Å². The average molecular weight is 547 g/mol. The Hall–Kier alpha value is -3.01. The monoisotopic (exact) mass is 546 g/mol. The lowest BCUT2D eigenvalue weighted by molar-refractivity contribution is -0.337. The molecule has 5 atom stereocenters. The molecule has 9 heteroatoms. The van der Waals surface area contributed by atoms with E-state index in [-0.39, 0.29) is 24.9 Å². The molecular formula is C30H42O9. The minimum atomic E-state index is -1.64. The maximum Gasteiger partial charge on any atom is 0.330 e. The van der Waals surface area contributed by atoms with E-state index in [0.717, 1.165) is 11.6 Å². The van der Waals surface area contributed by atoms with Gasteiger partial charge in [0.05, 0.1) is 25.9 Å². The number of carbonyl (C=O) groups is 3. The maximum atomic E-state index is 12.5. The van der Waals surface area contributed by atoms with Gasteiger partial charge in [0.15, 0.2) is 6.10 Å². The highest BCUT2D eigenvalue weighted by atomic mass is 16.7. The van der Waals surface area contributed by atoms with Gasteiger partial charge >= 0.3 is 17.9 Å². The highest BCUT2D eigenvalue weighted by Crippen LogP contribution is 2.49. The van der Waals surface area contributed by atoms with Gasteiger partial charge in [0.1, 0.15) is 0 Å². The van der Waals surface area contributed by atoms with Crippen LogP contribution in [0.3, 0.4) is 0 Å². The van der Waals surface area contributed by atoms with Crippen LogP contribution in [-0.4, -0.2) is 61.3 Å². The highest BCUT2D eigenvalue weighted by Gasteiger charge is 2.59. The van der Waals surface area contributed by atoms with E-state index < -0.39 is 41.3 Å². The number of ether oxygens (including phenoxy) is 5. The molecule has 1 N–H and O–H groups in total. The molecule has 0 saturated carbocycles. The molecule has 9 nitrogen and oxygen atoms in total.